The van der Waals surface area contributed by atoms with E-state index in [4.69, 9.17) is 0 Å². The van der Waals surface area contributed by atoms with Crippen LogP contribution in [0, 0.1) is 0 Å². The average molecular weight is 353 g/mol. The van der Waals surface area contributed by atoms with Crippen LogP contribution in [0.2, 0.25) is 0 Å². The molecule has 2 bridgehead atoms. The van der Waals surface area contributed by atoms with Crippen LogP contribution in [-0.4, -0.2) is 29.8 Å². The van der Waals surface area contributed by atoms with Crippen LogP contribution in [-0.2, 0) is 0 Å². The molecule has 116 valence electrons. The van der Waals surface area contributed by atoms with Crippen molar-refractivity contribution in [2.45, 2.75) is 63.8 Å². The Morgan fingerprint density at radius 1 is 1.33 bits per heavy atom. The molecule has 0 aromatic heterocycles. The molecule has 2 aliphatic rings. The monoisotopic (exact) mass is 352 g/mol. The van der Waals surface area contributed by atoms with Gasteiger partial charge in [0, 0.05) is 28.3 Å². The van der Waals surface area contributed by atoms with Gasteiger partial charge in [0.2, 0.25) is 0 Å². The molecule has 2 aliphatic heterocycles. The smallest absolute Gasteiger partial charge is 0.0579 e. The van der Waals surface area contributed by atoms with Crippen molar-refractivity contribution in [2.24, 2.45) is 0 Å². The van der Waals surface area contributed by atoms with E-state index in [0.717, 1.165) is 23.9 Å². The number of hydrogen-bond donors (Lipinski definition) is 2. The molecule has 2 heterocycles. The van der Waals surface area contributed by atoms with Crippen LogP contribution >= 0.6 is 15.9 Å². The van der Waals surface area contributed by atoms with Gasteiger partial charge in [0.1, 0.15) is 0 Å². The van der Waals surface area contributed by atoms with Crippen LogP contribution in [0.4, 0.5) is 5.69 Å². The van der Waals surface area contributed by atoms with E-state index in [1.54, 1.807) is 0 Å². The molecule has 3 unspecified atom stereocenters. The zero-order valence-electron chi connectivity index (χ0n) is 12.8. The Balaban J connectivity index is 1.96. The highest BCUT2D eigenvalue weighted by Crippen LogP contribution is 2.42. The summed E-state index contributed by atoms with van der Waals surface area (Å²) in [5.41, 5.74) is 2.71. The van der Waals surface area contributed by atoms with Gasteiger partial charge in [-0.2, -0.15) is 0 Å². The normalized spacial score (nSPS) is 29.7. The van der Waals surface area contributed by atoms with Crippen LogP contribution in [0.1, 0.15) is 51.1 Å². The van der Waals surface area contributed by atoms with Crippen LogP contribution in [0.3, 0.4) is 0 Å². The third kappa shape index (κ3) is 2.99. The zero-order valence-corrected chi connectivity index (χ0v) is 14.4. The zero-order chi connectivity index (χ0) is 15.0. The van der Waals surface area contributed by atoms with Crippen molar-refractivity contribution < 1.29 is 5.11 Å². The summed E-state index contributed by atoms with van der Waals surface area (Å²) < 4.78 is 1.13. The third-order valence-electron chi connectivity index (χ3n) is 4.96. The Kier molecular flexibility index (Phi) is 4.57. The first-order chi connectivity index (χ1) is 10.1. The summed E-state index contributed by atoms with van der Waals surface area (Å²) in [4.78, 5) is 2.58. The molecule has 0 radical (unpaired) electrons. The molecular formula is C17H25BrN2O. The molecule has 21 heavy (non-hydrogen) atoms. The number of nitrogens with zero attached hydrogens (tertiary/aromatic N) is 1. The Morgan fingerprint density at radius 3 is 2.62 bits per heavy atom. The van der Waals surface area contributed by atoms with Crippen LogP contribution in [0.15, 0.2) is 22.7 Å². The number of fused-ring (bicyclic) bond motifs is 2. The number of aliphatic hydroxyl groups is 1. The SMILES string of the molecule is CCNC(C)c1ccc(Br)cc1N1C2CCC1CC(O)C2. The summed E-state index contributed by atoms with van der Waals surface area (Å²) in [6.45, 7) is 5.36. The van der Waals surface area contributed by atoms with Crippen LogP contribution in [0.25, 0.3) is 0 Å². The molecule has 3 nitrogen and oxygen atoms in total. The number of anilines is 1. The fourth-order valence-corrected chi connectivity index (χ4v) is 4.41. The van der Waals surface area contributed by atoms with Gasteiger partial charge in [-0.15, -0.1) is 0 Å². The Hall–Kier alpha value is -0.580. The molecule has 4 heteroatoms. The molecule has 1 aromatic carbocycles. The van der Waals surface area contributed by atoms with Gasteiger partial charge in [-0.25, -0.2) is 0 Å². The molecule has 1 aromatic rings. The third-order valence-corrected chi connectivity index (χ3v) is 5.45. The number of halogens is 1. The first-order valence-corrected chi connectivity index (χ1v) is 8.88. The minimum Gasteiger partial charge on any atom is -0.393 e. The molecule has 2 N–H and O–H groups in total. The lowest BCUT2D eigenvalue weighted by Crippen LogP contribution is -2.45. The number of piperidine rings is 1. The van der Waals surface area contributed by atoms with Crippen molar-refractivity contribution in [1.82, 2.24) is 5.32 Å². The van der Waals surface area contributed by atoms with E-state index in [2.05, 4.69) is 58.2 Å². The van der Waals surface area contributed by atoms with E-state index < -0.39 is 0 Å². The van der Waals surface area contributed by atoms with Crippen molar-refractivity contribution in [3.05, 3.63) is 28.2 Å². The van der Waals surface area contributed by atoms with Gasteiger partial charge in [-0.3, -0.25) is 0 Å². The van der Waals surface area contributed by atoms with E-state index in [1.165, 1.54) is 24.1 Å². The standard InChI is InChI=1S/C17H25BrN2O/c1-3-19-11(2)16-7-4-12(18)8-17(16)20-13-5-6-14(20)10-15(21)9-13/h4,7-8,11,13-15,19,21H,3,5-6,9-10H2,1-2H3. The molecule has 0 spiro atoms. The van der Waals surface area contributed by atoms with E-state index in [-0.39, 0.29) is 6.10 Å². The quantitative estimate of drug-likeness (QED) is 0.868. The van der Waals surface area contributed by atoms with E-state index >= 15 is 0 Å². The topological polar surface area (TPSA) is 35.5 Å². The molecule has 2 fully saturated rings. The van der Waals surface area contributed by atoms with Crippen molar-refractivity contribution in [3.8, 4) is 0 Å². The second kappa shape index (κ2) is 6.27. The average Bonchev–Trinajstić information content (AvgIpc) is 2.71. The highest BCUT2D eigenvalue weighted by atomic mass is 79.9. The van der Waals surface area contributed by atoms with Gasteiger partial charge in [0.15, 0.2) is 0 Å². The number of aliphatic hydroxyl groups excluding tert-OH is 1. The molecular weight excluding hydrogens is 328 g/mol. The molecule has 3 atom stereocenters. The fraction of sp³-hybridized carbons (Fsp3) is 0.647. The maximum atomic E-state index is 10.0. The van der Waals surface area contributed by atoms with Gasteiger partial charge in [-0.05, 0) is 56.8 Å². The van der Waals surface area contributed by atoms with Gasteiger partial charge in [-0.1, -0.05) is 28.9 Å². The van der Waals surface area contributed by atoms with Crippen molar-refractivity contribution >= 4 is 21.6 Å². The molecule has 0 saturated carbocycles. The summed E-state index contributed by atoms with van der Waals surface area (Å²) in [5.74, 6) is 0. The lowest BCUT2D eigenvalue weighted by atomic mass is 9.96. The van der Waals surface area contributed by atoms with Gasteiger partial charge < -0.3 is 15.3 Å². The second-order valence-electron chi connectivity index (χ2n) is 6.40. The van der Waals surface area contributed by atoms with Gasteiger partial charge >= 0.3 is 0 Å². The highest BCUT2D eigenvalue weighted by molar-refractivity contribution is 9.10. The molecule has 3 rings (SSSR count). The maximum Gasteiger partial charge on any atom is 0.0579 e. The van der Waals surface area contributed by atoms with Gasteiger partial charge in [0.05, 0.1) is 6.10 Å². The Bertz CT molecular complexity index is 494. The van der Waals surface area contributed by atoms with E-state index in [0.29, 0.717) is 18.1 Å². The van der Waals surface area contributed by atoms with Crippen molar-refractivity contribution in [2.75, 3.05) is 11.4 Å². The maximum absolute atomic E-state index is 10.0. The Labute approximate surface area is 135 Å². The van der Waals surface area contributed by atoms with Crippen LogP contribution in [0.5, 0.6) is 0 Å². The number of nitrogens with one attached hydrogen (secondary N) is 1. The number of benzene rings is 1. The summed E-state index contributed by atoms with van der Waals surface area (Å²) in [7, 11) is 0. The van der Waals surface area contributed by atoms with Crippen molar-refractivity contribution in [1.29, 1.82) is 0 Å². The fourth-order valence-electron chi connectivity index (χ4n) is 4.06. The second-order valence-corrected chi connectivity index (χ2v) is 7.32. The summed E-state index contributed by atoms with van der Waals surface area (Å²) in [5, 5.41) is 13.6. The summed E-state index contributed by atoms with van der Waals surface area (Å²) in [6, 6.07) is 7.97. The minimum atomic E-state index is -0.111. The minimum absolute atomic E-state index is 0.111. The van der Waals surface area contributed by atoms with Crippen LogP contribution < -0.4 is 10.2 Å². The lowest BCUT2D eigenvalue weighted by Gasteiger charge is -2.40. The predicted octanol–water partition coefficient (Wildman–Crippen LogP) is 3.61. The first kappa shape index (κ1) is 15.3. The highest BCUT2D eigenvalue weighted by Gasteiger charge is 2.41. The number of hydrogen-bond acceptors (Lipinski definition) is 3. The van der Waals surface area contributed by atoms with E-state index in [9.17, 15) is 5.11 Å². The lowest BCUT2D eigenvalue weighted by molar-refractivity contribution is 0.126. The molecule has 0 aliphatic carbocycles. The number of rotatable bonds is 4. The molecule has 0 amide bonds. The predicted molar refractivity (Wildman–Crippen MR) is 90.8 cm³/mol. The first-order valence-electron chi connectivity index (χ1n) is 8.09. The summed E-state index contributed by atoms with van der Waals surface area (Å²) in [6.07, 6.45) is 4.14. The largest absolute Gasteiger partial charge is 0.393 e. The van der Waals surface area contributed by atoms with E-state index in [1.807, 2.05) is 0 Å². The van der Waals surface area contributed by atoms with Crippen molar-refractivity contribution in [3.63, 3.8) is 0 Å². The molecule has 2 saturated heterocycles. The summed E-state index contributed by atoms with van der Waals surface area (Å²) >= 11 is 3.63. The van der Waals surface area contributed by atoms with Gasteiger partial charge in [0.25, 0.3) is 0 Å². The Morgan fingerprint density at radius 2 is 2.00 bits per heavy atom.